The third kappa shape index (κ3) is 5.00. The second kappa shape index (κ2) is 7.94. The van der Waals surface area contributed by atoms with Gasteiger partial charge in [0.15, 0.2) is 0 Å². The molecule has 0 aromatic heterocycles. The van der Waals surface area contributed by atoms with E-state index in [4.69, 9.17) is 0 Å². The maximum atomic E-state index is 12.4. The van der Waals surface area contributed by atoms with Gasteiger partial charge in [0.1, 0.15) is 0 Å². The average Bonchev–Trinajstić information content (AvgIpc) is 2.54. The highest BCUT2D eigenvalue weighted by Crippen LogP contribution is 2.23. The fraction of sp³-hybridized carbons (Fsp3) is 0.500. The fourth-order valence-electron chi connectivity index (χ4n) is 2.70. The molecule has 0 unspecified atom stereocenters. The maximum absolute atomic E-state index is 12.4. The van der Waals surface area contributed by atoms with Gasteiger partial charge in [0.25, 0.3) is 10.2 Å². The molecule has 2 rings (SSSR count). The number of anilines is 2. The van der Waals surface area contributed by atoms with E-state index in [1.54, 1.807) is 24.3 Å². The number of hydrogen-bond donors (Lipinski definition) is 2. The van der Waals surface area contributed by atoms with Gasteiger partial charge in [0, 0.05) is 51.4 Å². The number of hydrogen-bond acceptors (Lipinski definition) is 4. The molecule has 25 heavy (non-hydrogen) atoms. The van der Waals surface area contributed by atoms with E-state index in [1.807, 2.05) is 0 Å². The van der Waals surface area contributed by atoms with Gasteiger partial charge in [-0.3, -0.25) is 9.59 Å². The van der Waals surface area contributed by atoms with Crippen LogP contribution in [0.3, 0.4) is 0 Å². The molecular formula is C16H24N4O4S. The Morgan fingerprint density at radius 3 is 2.20 bits per heavy atom. The molecule has 0 radical (unpaired) electrons. The van der Waals surface area contributed by atoms with Crippen LogP contribution in [0.15, 0.2) is 24.3 Å². The van der Waals surface area contributed by atoms with Crippen molar-refractivity contribution in [2.75, 3.05) is 37.8 Å². The van der Waals surface area contributed by atoms with Gasteiger partial charge in [-0.2, -0.15) is 17.0 Å². The summed E-state index contributed by atoms with van der Waals surface area (Å²) in [7, 11) is -0.438. The first-order valence-corrected chi connectivity index (χ1v) is 9.46. The lowest BCUT2D eigenvalue weighted by Gasteiger charge is -2.32. The van der Waals surface area contributed by atoms with Gasteiger partial charge < -0.3 is 10.6 Å². The van der Waals surface area contributed by atoms with Crippen LogP contribution >= 0.6 is 0 Å². The summed E-state index contributed by atoms with van der Waals surface area (Å²) in [5, 5.41) is 5.50. The van der Waals surface area contributed by atoms with Gasteiger partial charge in [0.2, 0.25) is 11.8 Å². The molecule has 0 saturated carbocycles. The summed E-state index contributed by atoms with van der Waals surface area (Å²) in [5.74, 6) is -0.558. The van der Waals surface area contributed by atoms with Crippen molar-refractivity contribution in [3.63, 3.8) is 0 Å². The molecule has 1 fully saturated rings. The number of carbonyl (C=O) groups excluding carboxylic acids is 2. The van der Waals surface area contributed by atoms with Crippen LogP contribution < -0.4 is 10.6 Å². The summed E-state index contributed by atoms with van der Waals surface area (Å²) < 4.78 is 26.8. The van der Waals surface area contributed by atoms with Crippen LogP contribution in [-0.2, 0) is 19.8 Å². The zero-order chi connectivity index (χ0) is 18.6. The van der Waals surface area contributed by atoms with Crippen molar-refractivity contribution >= 4 is 33.4 Å². The highest BCUT2D eigenvalue weighted by atomic mass is 32.2. The van der Waals surface area contributed by atoms with E-state index in [1.165, 1.54) is 29.6 Å². The average molecular weight is 368 g/mol. The molecule has 2 N–H and O–H groups in total. The summed E-state index contributed by atoms with van der Waals surface area (Å²) in [6, 6.07) is 6.91. The van der Waals surface area contributed by atoms with Crippen molar-refractivity contribution < 1.29 is 18.0 Å². The topological polar surface area (TPSA) is 98.8 Å². The largest absolute Gasteiger partial charge is 0.326 e. The highest BCUT2D eigenvalue weighted by molar-refractivity contribution is 7.86. The molecule has 1 saturated heterocycles. The van der Waals surface area contributed by atoms with E-state index < -0.39 is 10.2 Å². The Morgan fingerprint density at radius 1 is 1.12 bits per heavy atom. The lowest BCUT2D eigenvalue weighted by molar-refractivity contribution is -0.121. The second-order valence-electron chi connectivity index (χ2n) is 6.21. The van der Waals surface area contributed by atoms with Crippen molar-refractivity contribution in [3.05, 3.63) is 24.3 Å². The molecule has 0 atom stereocenters. The molecule has 2 amide bonds. The molecule has 9 heteroatoms. The van der Waals surface area contributed by atoms with Gasteiger partial charge in [-0.15, -0.1) is 0 Å². The molecule has 1 aromatic carbocycles. The minimum Gasteiger partial charge on any atom is -0.326 e. The third-order valence-corrected chi connectivity index (χ3v) is 6.00. The Kier molecular flexibility index (Phi) is 6.15. The Bertz CT molecular complexity index is 740. The number of amides is 2. The Morgan fingerprint density at radius 2 is 1.68 bits per heavy atom. The van der Waals surface area contributed by atoms with Crippen LogP contribution in [0.2, 0.25) is 0 Å². The van der Waals surface area contributed by atoms with Crippen LogP contribution in [0.25, 0.3) is 0 Å². The zero-order valence-corrected chi connectivity index (χ0v) is 15.5. The van der Waals surface area contributed by atoms with Crippen molar-refractivity contribution in [2.45, 2.75) is 19.8 Å². The van der Waals surface area contributed by atoms with Gasteiger partial charge in [0.05, 0.1) is 0 Å². The minimum atomic E-state index is -3.43. The van der Waals surface area contributed by atoms with E-state index in [2.05, 4.69) is 10.6 Å². The van der Waals surface area contributed by atoms with Crippen molar-refractivity contribution in [2.24, 2.45) is 5.92 Å². The normalized spacial score (nSPS) is 16.6. The fourth-order valence-corrected chi connectivity index (χ4v) is 3.84. The molecular weight excluding hydrogens is 344 g/mol. The molecule has 0 aliphatic carbocycles. The van der Waals surface area contributed by atoms with Gasteiger partial charge in [-0.1, -0.05) is 6.07 Å². The highest BCUT2D eigenvalue weighted by Gasteiger charge is 2.32. The molecule has 138 valence electrons. The molecule has 0 spiro atoms. The Hall–Kier alpha value is -1.97. The Balaban J connectivity index is 1.94. The lowest BCUT2D eigenvalue weighted by atomic mass is 9.97. The summed E-state index contributed by atoms with van der Waals surface area (Å²) >= 11 is 0. The molecule has 1 aliphatic heterocycles. The first kappa shape index (κ1) is 19.4. The van der Waals surface area contributed by atoms with Crippen LogP contribution in [0.5, 0.6) is 0 Å². The van der Waals surface area contributed by atoms with Gasteiger partial charge in [-0.05, 0) is 31.0 Å². The second-order valence-corrected chi connectivity index (χ2v) is 8.36. The molecule has 1 aliphatic rings. The van der Waals surface area contributed by atoms with Gasteiger partial charge >= 0.3 is 0 Å². The SMILES string of the molecule is CC(=O)Nc1cccc(NC(=O)C2CCN(S(=O)(=O)N(C)C)CC2)c1. The van der Waals surface area contributed by atoms with E-state index in [-0.39, 0.29) is 17.7 Å². The molecule has 1 aromatic rings. The number of rotatable bonds is 5. The number of nitrogens with zero attached hydrogens (tertiary/aromatic N) is 2. The predicted octanol–water partition coefficient (Wildman–Crippen LogP) is 1.10. The quantitative estimate of drug-likeness (QED) is 0.813. The van der Waals surface area contributed by atoms with Crippen molar-refractivity contribution in [3.8, 4) is 0 Å². The summed E-state index contributed by atoms with van der Waals surface area (Å²) in [4.78, 5) is 23.5. The standard InChI is InChI=1S/C16H24N4O4S/c1-12(21)17-14-5-4-6-15(11-14)18-16(22)13-7-9-20(10-8-13)25(23,24)19(2)3/h4-6,11,13H,7-10H2,1-3H3,(H,17,21)(H,18,22). The zero-order valence-electron chi connectivity index (χ0n) is 14.7. The molecule has 8 nitrogen and oxygen atoms in total. The maximum Gasteiger partial charge on any atom is 0.281 e. The molecule has 0 bridgehead atoms. The van der Waals surface area contributed by atoms with E-state index >= 15 is 0 Å². The number of nitrogens with one attached hydrogen (secondary N) is 2. The van der Waals surface area contributed by atoms with Crippen LogP contribution in [0.4, 0.5) is 11.4 Å². The van der Waals surface area contributed by atoms with Gasteiger partial charge in [-0.25, -0.2) is 0 Å². The number of benzene rings is 1. The Labute approximate surface area is 148 Å². The van der Waals surface area contributed by atoms with E-state index in [9.17, 15) is 18.0 Å². The van der Waals surface area contributed by atoms with E-state index in [0.29, 0.717) is 37.3 Å². The first-order chi connectivity index (χ1) is 11.7. The first-order valence-electron chi connectivity index (χ1n) is 8.06. The number of piperidine rings is 1. The third-order valence-electron chi connectivity index (χ3n) is 4.06. The van der Waals surface area contributed by atoms with Crippen LogP contribution in [0, 0.1) is 5.92 Å². The summed E-state index contributed by atoms with van der Waals surface area (Å²) in [5.41, 5.74) is 1.21. The van der Waals surface area contributed by atoms with Crippen LogP contribution in [0.1, 0.15) is 19.8 Å². The van der Waals surface area contributed by atoms with Crippen LogP contribution in [-0.4, -0.2) is 56.0 Å². The predicted molar refractivity (Wildman–Crippen MR) is 96.3 cm³/mol. The van der Waals surface area contributed by atoms with Crippen molar-refractivity contribution in [1.82, 2.24) is 8.61 Å². The smallest absolute Gasteiger partial charge is 0.281 e. The van der Waals surface area contributed by atoms with Crippen molar-refractivity contribution in [1.29, 1.82) is 0 Å². The minimum absolute atomic E-state index is 0.137. The monoisotopic (exact) mass is 368 g/mol. The summed E-state index contributed by atoms with van der Waals surface area (Å²) in [6.07, 6.45) is 0.953. The lowest BCUT2D eigenvalue weighted by Crippen LogP contribution is -2.46. The summed E-state index contributed by atoms with van der Waals surface area (Å²) in [6.45, 7) is 2.07. The number of carbonyl (C=O) groups is 2. The van der Waals surface area contributed by atoms with E-state index in [0.717, 1.165) is 0 Å². The molecule has 1 heterocycles.